The van der Waals surface area contributed by atoms with Gasteiger partial charge in [0.1, 0.15) is 0 Å². The van der Waals surface area contributed by atoms with E-state index in [-0.39, 0.29) is 0 Å². The Morgan fingerprint density at radius 2 is 2.00 bits per heavy atom. The molecule has 0 heterocycles. The van der Waals surface area contributed by atoms with Crippen LogP contribution >= 0.6 is 0 Å². The predicted molar refractivity (Wildman–Crippen MR) is 59.9 cm³/mol. The van der Waals surface area contributed by atoms with Crippen molar-refractivity contribution in [1.82, 2.24) is 0 Å². The molecule has 76 valence electrons. The highest BCUT2D eigenvalue weighted by Gasteiger charge is 2.01. The van der Waals surface area contributed by atoms with E-state index in [1.165, 1.54) is 64.2 Å². The zero-order valence-electron chi connectivity index (χ0n) is 9.15. The highest BCUT2D eigenvalue weighted by atomic mass is 14.1. The first-order valence-corrected chi connectivity index (χ1v) is 6.11. The molecule has 0 nitrogen and oxygen atoms in total. The summed E-state index contributed by atoms with van der Waals surface area (Å²) in [6.45, 7) is 2.28. The van der Waals surface area contributed by atoms with Gasteiger partial charge in [0.15, 0.2) is 0 Å². The van der Waals surface area contributed by atoms with Crippen molar-refractivity contribution in [1.29, 1.82) is 0 Å². The molecular weight excluding hydrogens is 156 g/mol. The third kappa shape index (κ3) is 5.13. The second-order valence-corrected chi connectivity index (χ2v) is 4.27. The number of rotatable bonds is 5. The Bertz CT molecular complexity index is 144. The van der Waals surface area contributed by atoms with Crippen LogP contribution in [0, 0.1) is 0 Å². The van der Waals surface area contributed by atoms with E-state index in [2.05, 4.69) is 13.0 Å². The summed E-state index contributed by atoms with van der Waals surface area (Å²) in [5.41, 5.74) is 1.76. The Hall–Kier alpha value is -0.260. The second kappa shape index (κ2) is 7.17. The third-order valence-electron chi connectivity index (χ3n) is 2.99. The molecule has 0 unspecified atom stereocenters. The summed E-state index contributed by atoms with van der Waals surface area (Å²) >= 11 is 0. The fourth-order valence-corrected chi connectivity index (χ4v) is 2.09. The topological polar surface area (TPSA) is 0 Å². The van der Waals surface area contributed by atoms with Crippen molar-refractivity contribution in [2.45, 2.75) is 71.1 Å². The van der Waals surface area contributed by atoms with E-state index in [0.717, 1.165) is 0 Å². The van der Waals surface area contributed by atoms with Crippen molar-refractivity contribution in [3.63, 3.8) is 0 Å². The molecular formula is C13H24. The highest BCUT2D eigenvalue weighted by molar-refractivity contribution is 5.03. The first kappa shape index (κ1) is 10.8. The van der Waals surface area contributed by atoms with E-state index in [9.17, 15) is 0 Å². The molecule has 0 aromatic carbocycles. The van der Waals surface area contributed by atoms with Crippen LogP contribution in [0.3, 0.4) is 0 Å². The van der Waals surface area contributed by atoms with E-state index in [4.69, 9.17) is 0 Å². The molecule has 1 rings (SSSR count). The normalized spacial score (nSPS) is 18.1. The fraction of sp³-hybridized carbons (Fsp3) is 0.846. The summed E-state index contributed by atoms with van der Waals surface area (Å²) in [7, 11) is 0. The molecule has 0 atom stereocenters. The first-order chi connectivity index (χ1) is 6.43. The van der Waals surface area contributed by atoms with E-state index in [1.807, 2.05) is 0 Å². The summed E-state index contributed by atoms with van der Waals surface area (Å²) in [5.74, 6) is 0. The third-order valence-corrected chi connectivity index (χ3v) is 2.99. The van der Waals surface area contributed by atoms with Crippen LogP contribution in [0.15, 0.2) is 11.6 Å². The lowest BCUT2D eigenvalue weighted by molar-refractivity contribution is 0.645. The average molecular weight is 180 g/mol. The van der Waals surface area contributed by atoms with E-state index in [1.54, 1.807) is 5.57 Å². The number of unbranched alkanes of at least 4 members (excludes halogenated alkanes) is 3. The molecule has 1 aliphatic rings. The summed E-state index contributed by atoms with van der Waals surface area (Å²) in [6.07, 6.45) is 16.6. The van der Waals surface area contributed by atoms with Gasteiger partial charge in [0.25, 0.3) is 0 Å². The van der Waals surface area contributed by atoms with Gasteiger partial charge in [-0.1, -0.05) is 44.3 Å². The minimum atomic E-state index is 1.35. The molecule has 0 radical (unpaired) electrons. The quantitative estimate of drug-likeness (QED) is 0.419. The van der Waals surface area contributed by atoms with Gasteiger partial charge in [-0.15, -0.1) is 0 Å². The molecule has 0 aromatic heterocycles. The second-order valence-electron chi connectivity index (χ2n) is 4.27. The van der Waals surface area contributed by atoms with Crippen molar-refractivity contribution in [3.05, 3.63) is 11.6 Å². The lowest BCUT2D eigenvalue weighted by Crippen LogP contribution is -1.84. The zero-order valence-corrected chi connectivity index (χ0v) is 9.15. The van der Waals surface area contributed by atoms with Gasteiger partial charge in [0.2, 0.25) is 0 Å². The summed E-state index contributed by atoms with van der Waals surface area (Å²) in [6, 6.07) is 0. The van der Waals surface area contributed by atoms with Gasteiger partial charge in [0, 0.05) is 0 Å². The van der Waals surface area contributed by atoms with Gasteiger partial charge in [-0.05, 0) is 38.5 Å². The maximum Gasteiger partial charge on any atom is -0.0320 e. The lowest BCUT2D eigenvalue weighted by Gasteiger charge is -2.04. The molecule has 0 spiro atoms. The van der Waals surface area contributed by atoms with Gasteiger partial charge in [0.05, 0.1) is 0 Å². The van der Waals surface area contributed by atoms with Gasteiger partial charge in [-0.25, -0.2) is 0 Å². The van der Waals surface area contributed by atoms with Gasteiger partial charge >= 0.3 is 0 Å². The molecule has 0 saturated carbocycles. The average Bonchev–Trinajstić information content (AvgIpc) is 2.41. The zero-order chi connectivity index (χ0) is 9.36. The largest absolute Gasteiger partial charge is 0.0853 e. The van der Waals surface area contributed by atoms with Gasteiger partial charge in [-0.3, -0.25) is 0 Å². The van der Waals surface area contributed by atoms with Gasteiger partial charge in [-0.2, -0.15) is 0 Å². The molecule has 0 aliphatic heterocycles. The number of hydrogen-bond acceptors (Lipinski definition) is 0. The van der Waals surface area contributed by atoms with Crippen LogP contribution in [-0.4, -0.2) is 0 Å². The van der Waals surface area contributed by atoms with Crippen molar-refractivity contribution < 1.29 is 0 Å². The maximum absolute atomic E-state index is 2.51. The Balaban J connectivity index is 2.08. The molecule has 0 bridgehead atoms. The van der Waals surface area contributed by atoms with Crippen LogP contribution in [-0.2, 0) is 0 Å². The molecule has 0 N–H and O–H groups in total. The summed E-state index contributed by atoms with van der Waals surface area (Å²) in [5, 5.41) is 0. The highest BCUT2D eigenvalue weighted by Crippen LogP contribution is 2.21. The SMILES string of the molecule is CCCCCCC1=CCCCCC1. The molecule has 0 aromatic rings. The maximum atomic E-state index is 2.51. The Morgan fingerprint density at radius 1 is 1.08 bits per heavy atom. The number of hydrogen-bond donors (Lipinski definition) is 0. The fourth-order valence-electron chi connectivity index (χ4n) is 2.09. The predicted octanol–water partition coefficient (Wildman–Crippen LogP) is 4.85. The van der Waals surface area contributed by atoms with Crippen LogP contribution < -0.4 is 0 Å². The van der Waals surface area contributed by atoms with Crippen LogP contribution in [0.25, 0.3) is 0 Å². The van der Waals surface area contributed by atoms with Crippen LogP contribution in [0.5, 0.6) is 0 Å². The lowest BCUT2D eigenvalue weighted by atomic mass is 10.0. The minimum Gasteiger partial charge on any atom is -0.0853 e. The van der Waals surface area contributed by atoms with Crippen LogP contribution in [0.1, 0.15) is 71.1 Å². The van der Waals surface area contributed by atoms with Crippen LogP contribution in [0.2, 0.25) is 0 Å². The van der Waals surface area contributed by atoms with Crippen molar-refractivity contribution >= 4 is 0 Å². The molecule has 13 heavy (non-hydrogen) atoms. The Morgan fingerprint density at radius 3 is 2.85 bits per heavy atom. The minimum absolute atomic E-state index is 1.35. The molecule has 0 amide bonds. The van der Waals surface area contributed by atoms with Crippen molar-refractivity contribution in [2.75, 3.05) is 0 Å². The molecule has 0 fully saturated rings. The van der Waals surface area contributed by atoms with Crippen LogP contribution in [0.4, 0.5) is 0 Å². The van der Waals surface area contributed by atoms with Crippen molar-refractivity contribution in [2.24, 2.45) is 0 Å². The molecule has 0 saturated heterocycles. The Labute approximate surface area is 83.4 Å². The molecule has 1 aliphatic carbocycles. The summed E-state index contributed by atoms with van der Waals surface area (Å²) < 4.78 is 0. The van der Waals surface area contributed by atoms with E-state index >= 15 is 0 Å². The van der Waals surface area contributed by atoms with E-state index in [0.29, 0.717) is 0 Å². The van der Waals surface area contributed by atoms with E-state index < -0.39 is 0 Å². The Kier molecular flexibility index (Phi) is 5.97. The first-order valence-electron chi connectivity index (χ1n) is 6.11. The van der Waals surface area contributed by atoms with Crippen molar-refractivity contribution in [3.8, 4) is 0 Å². The monoisotopic (exact) mass is 180 g/mol. The van der Waals surface area contributed by atoms with Gasteiger partial charge < -0.3 is 0 Å². The molecule has 0 heteroatoms. The standard InChI is InChI=1S/C13H24/c1-2-3-4-7-10-13-11-8-5-6-9-12-13/h11H,2-10,12H2,1H3. The smallest absolute Gasteiger partial charge is 0.0320 e. The summed E-state index contributed by atoms with van der Waals surface area (Å²) in [4.78, 5) is 0. The number of allylic oxidation sites excluding steroid dienone is 2.